The summed E-state index contributed by atoms with van der Waals surface area (Å²) in [6.07, 6.45) is 7.58. The molecule has 0 atom stereocenters. The van der Waals surface area contributed by atoms with Gasteiger partial charge in [0.2, 0.25) is 18.6 Å². The third-order valence-corrected chi connectivity index (χ3v) is 6.47. The number of hydrogen-bond acceptors (Lipinski definition) is 5. The van der Waals surface area contributed by atoms with Gasteiger partial charge < -0.3 is 19.3 Å². The smallest absolute Gasteiger partial charge is 0.242 e. The van der Waals surface area contributed by atoms with Crippen LogP contribution >= 0.6 is 11.3 Å². The van der Waals surface area contributed by atoms with E-state index in [4.69, 9.17) is 9.47 Å². The minimum Gasteiger partial charge on any atom is -0.454 e. The lowest BCUT2D eigenvalue weighted by molar-refractivity contribution is -0.140. The molecule has 0 saturated heterocycles. The summed E-state index contributed by atoms with van der Waals surface area (Å²) in [6.45, 7) is 7.52. The molecule has 33 heavy (non-hydrogen) atoms. The van der Waals surface area contributed by atoms with E-state index in [1.807, 2.05) is 35.7 Å². The van der Waals surface area contributed by atoms with Crippen molar-refractivity contribution in [3.05, 3.63) is 58.8 Å². The molecule has 178 valence electrons. The van der Waals surface area contributed by atoms with Crippen LogP contribution in [0.5, 0.6) is 11.5 Å². The van der Waals surface area contributed by atoms with Crippen LogP contribution in [0, 0.1) is 0 Å². The zero-order valence-electron chi connectivity index (χ0n) is 19.5. The van der Waals surface area contributed by atoms with E-state index in [0.717, 1.165) is 35.5 Å². The lowest BCUT2D eigenvalue weighted by Crippen LogP contribution is -2.42. The molecule has 6 nitrogen and oxygen atoms in total. The maximum absolute atomic E-state index is 13.4. The summed E-state index contributed by atoms with van der Waals surface area (Å²) in [6, 6.07) is 9.74. The Morgan fingerprint density at radius 1 is 1.03 bits per heavy atom. The Bertz CT molecular complexity index is 913. The van der Waals surface area contributed by atoms with Crippen molar-refractivity contribution in [1.29, 1.82) is 0 Å². The highest BCUT2D eigenvalue weighted by molar-refractivity contribution is 7.09. The molecule has 7 heteroatoms. The topological polar surface area (TPSA) is 59.1 Å². The summed E-state index contributed by atoms with van der Waals surface area (Å²) < 4.78 is 10.9. The molecule has 1 aliphatic heterocycles. The predicted octanol–water partition coefficient (Wildman–Crippen LogP) is 5.38. The highest BCUT2D eigenvalue weighted by atomic mass is 32.1. The minimum atomic E-state index is -0.0813. The van der Waals surface area contributed by atoms with Gasteiger partial charge in [-0.25, -0.2) is 0 Å². The van der Waals surface area contributed by atoms with Crippen molar-refractivity contribution >= 4 is 23.2 Å². The van der Waals surface area contributed by atoms with Gasteiger partial charge in [0.15, 0.2) is 11.5 Å². The Balaban J connectivity index is 1.65. The summed E-state index contributed by atoms with van der Waals surface area (Å²) in [5, 5.41) is 2.00. The van der Waals surface area contributed by atoms with E-state index in [0.29, 0.717) is 31.8 Å². The molecule has 0 aliphatic carbocycles. The van der Waals surface area contributed by atoms with Crippen molar-refractivity contribution in [3.8, 4) is 11.5 Å². The number of ether oxygens (including phenoxy) is 2. The van der Waals surface area contributed by atoms with E-state index in [1.54, 1.807) is 27.2 Å². The van der Waals surface area contributed by atoms with E-state index in [2.05, 4.69) is 13.5 Å². The molecule has 2 amide bonds. The molecule has 0 spiro atoms. The molecular weight excluding hydrogens is 436 g/mol. The number of nitrogens with zero attached hydrogens (tertiary/aromatic N) is 2. The van der Waals surface area contributed by atoms with Gasteiger partial charge in [-0.05, 0) is 35.6 Å². The van der Waals surface area contributed by atoms with Crippen molar-refractivity contribution in [1.82, 2.24) is 9.80 Å². The highest BCUT2D eigenvalue weighted by Gasteiger charge is 2.22. The average Bonchev–Trinajstić information content (AvgIpc) is 3.49. The number of amides is 2. The molecule has 0 radical (unpaired) electrons. The van der Waals surface area contributed by atoms with Crippen LogP contribution in [0.3, 0.4) is 0 Å². The van der Waals surface area contributed by atoms with Gasteiger partial charge >= 0.3 is 0 Å². The molecule has 1 aromatic carbocycles. The van der Waals surface area contributed by atoms with Gasteiger partial charge in [-0.2, -0.15) is 0 Å². The lowest BCUT2D eigenvalue weighted by Gasteiger charge is -2.27. The molecule has 1 aliphatic rings. The van der Waals surface area contributed by atoms with Crippen LogP contribution in [0.2, 0.25) is 0 Å². The maximum atomic E-state index is 13.4. The van der Waals surface area contributed by atoms with Crippen LogP contribution in [0.1, 0.15) is 55.9 Å². The van der Waals surface area contributed by atoms with Gasteiger partial charge in [-0.15, -0.1) is 17.9 Å². The van der Waals surface area contributed by atoms with Gasteiger partial charge in [-0.1, -0.05) is 50.8 Å². The summed E-state index contributed by atoms with van der Waals surface area (Å²) in [4.78, 5) is 30.7. The molecule has 0 saturated carbocycles. The number of fused-ring (bicyclic) bond motifs is 1. The summed E-state index contributed by atoms with van der Waals surface area (Å²) >= 11 is 1.62. The van der Waals surface area contributed by atoms with Crippen LogP contribution in [0.15, 0.2) is 48.4 Å². The zero-order chi connectivity index (χ0) is 23.5. The number of benzene rings is 1. The Kier molecular flexibility index (Phi) is 9.81. The first-order chi connectivity index (χ1) is 16.1. The van der Waals surface area contributed by atoms with Crippen LogP contribution < -0.4 is 9.47 Å². The molecule has 1 aromatic heterocycles. The third kappa shape index (κ3) is 7.63. The molecule has 0 N–H and O–H groups in total. The van der Waals surface area contributed by atoms with Crippen LogP contribution in [0.4, 0.5) is 0 Å². The minimum absolute atomic E-state index is 0.0129. The molecular formula is C26H34N2O4S. The summed E-state index contributed by atoms with van der Waals surface area (Å²) in [5.74, 6) is 1.35. The van der Waals surface area contributed by atoms with Gasteiger partial charge in [-0.3, -0.25) is 9.59 Å². The molecule has 0 bridgehead atoms. The Labute approximate surface area is 200 Å². The third-order valence-electron chi connectivity index (χ3n) is 5.61. The van der Waals surface area contributed by atoms with E-state index in [-0.39, 0.29) is 25.2 Å². The number of thiophene rings is 1. The molecule has 2 heterocycles. The fourth-order valence-electron chi connectivity index (χ4n) is 3.79. The highest BCUT2D eigenvalue weighted by Crippen LogP contribution is 2.33. The quantitative estimate of drug-likeness (QED) is 0.275. The second-order valence-corrected chi connectivity index (χ2v) is 9.28. The Morgan fingerprint density at radius 2 is 1.85 bits per heavy atom. The number of rotatable bonds is 14. The number of carbonyl (C=O) groups excluding carboxylic acids is 2. The monoisotopic (exact) mass is 470 g/mol. The van der Waals surface area contributed by atoms with Gasteiger partial charge in [0.25, 0.3) is 0 Å². The largest absolute Gasteiger partial charge is 0.454 e. The van der Waals surface area contributed by atoms with Crippen molar-refractivity contribution in [2.45, 2.75) is 58.5 Å². The van der Waals surface area contributed by atoms with Crippen LogP contribution in [-0.2, 0) is 22.7 Å². The lowest BCUT2D eigenvalue weighted by atomic mass is 10.1. The van der Waals surface area contributed by atoms with E-state index < -0.39 is 0 Å². The second kappa shape index (κ2) is 13.0. The summed E-state index contributed by atoms with van der Waals surface area (Å²) in [7, 11) is 0. The number of carbonyl (C=O) groups is 2. The van der Waals surface area contributed by atoms with Crippen molar-refractivity contribution in [3.63, 3.8) is 0 Å². The normalized spacial score (nSPS) is 11.9. The fourth-order valence-corrected chi connectivity index (χ4v) is 4.51. The van der Waals surface area contributed by atoms with Gasteiger partial charge in [0.05, 0.1) is 6.54 Å². The van der Waals surface area contributed by atoms with Crippen molar-refractivity contribution < 1.29 is 19.1 Å². The van der Waals surface area contributed by atoms with E-state index >= 15 is 0 Å². The Hall–Kier alpha value is -2.80. The van der Waals surface area contributed by atoms with Gasteiger partial charge in [0.1, 0.15) is 6.54 Å². The molecule has 0 unspecified atom stereocenters. The van der Waals surface area contributed by atoms with E-state index in [9.17, 15) is 9.59 Å². The first-order valence-corrected chi connectivity index (χ1v) is 12.6. The van der Waals surface area contributed by atoms with Crippen molar-refractivity contribution in [2.75, 3.05) is 19.9 Å². The number of hydrogen-bond donors (Lipinski definition) is 0. The fraction of sp³-hybridized carbons (Fsp3) is 0.462. The standard InChI is InChI=1S/C26H34N2O4S/c1-3-5-6-7-8-11-25(29)27(14-4-2)19-26(30)28(18-22-10-9-15-33-22)17-21-12-13-23-24(16-21)32-20-31-23/h4,9-10,12-13,15-16H,2-3,5-8,11,14,17-20H2,1H3. The summed E-state index contributed by atoms with van der Waals surface area (Å²) in [5.41, 5.74) is 0.960. The van der Waals surface area contributed by atoms with Crippen LogP contribution in [0.25, 0.3) is 0 Å². The molecule has 0 fully saturated rings. The predicted molar refractivity (Wildman–Crippen MR) is 131 cm³/mol. The average molecular weight is 471 g/mol. The zero-order valence-corrected chi connectivity index (χ0v) is 20.3. The number of unbranched alkanes of at least 4 members (excludes halogenated alkanes) is 4. The van der Waals surface area contributed by atoms with Crippen LogP contribution in [-0.4, -0.2) is 41.5 Å². The van der Waals surface area contributed by atoms with Crippen molar-refractivity contribution in [2.24, 2.45) is 0 Å². The molecule has 2 aromatic rings. The first kappa shape index (κ1) is 24.8. The van der Waals surface area contributed by atoms with Gasteiger partial charge in [0, 0.05) is 24.4 Å². The maximum Gasteiger partial charge on any atom is 0.242 e. The second-order valence-electron chi connectivity index (χ2n) is 8.24. The Morgan fingerprint density at radius 3 is 2.61 bits per heavy atom. The van der Waals surface area contributed by atoms with E-state index in [1.165, 1.54) is 12.8 Å². The molecule has 3 rings (SSSR count). The SMILES string of the molecule is C=CCN(CC(=O)N(Cc1ccc2c(c1)OCO2)Cc1cccs1)C(=O)CCCCCCC. The first-order valence-electron chi connectivity index (χ1n) is 11.7.